The van der Waals surface area contributed by atoms with E-state index in [9.17, 15) is 9.59 Å². The predicted molar refractivity (Wildman–Crippen MR) is 73.4 cm³/mol. The Kier molecular flexibility index (Phi) is 7.33. The van der Waals surface area contributed by atoms with Crippen LogP contribution in [0.3, 0.4) is 0 Å². The highest BCUT2D eigenvalue weighted by atomic mass is 16.5. The molecule has 0 saturated carbocycles. The minimum atomic E-state index is -0.593. The van der Waals surface area contributed by atoms with Gasteiger partial charge in [0.1, 0.15) is 6.54 Å². The Morgan fingerprint density at radius 3 is 2.81 bits per heavy atom. The molecule has 0 aliphatic carbocycles. The van der Waals surface area contributed by atoms with E-state index >= 15 is 0 Å². The molecule has 21 heavy (non-hydrogen) atoms. The highest BCUT2D eigenvalue weighted by Gasteiger charge is 2.20. The summed E-state index contributed by atoms with van der Waals surface area (Å²) < 4.78 is 11.0. The summed E-state index contributed by atoms with van der Waals surface area (Å²) in [5, 5.41) is 10.2. The molecule has 0 atom stereocenters. The van der Waals surface area contributed by atoms with Crippen molar-refractivity contribution in [2.45, 2.75) is 26.4 Å². The van der Waals surface area contributed by atoms with E-state index in [1.54, 1.807) is 14.0 Å². The normalized spacial score (nSPS) is 10.4. The minimum absolute atomic E-state index is 0.0398. The number of methoxy groups -OCH3 is 1. The largest absolute Gasteiger partial charge is 0.461 e. The van der Waals surface area contributed by atoms with Crippen molar-refractivity contribution in [2.75, 3.05) is 26.9 Å². The van der Waals surface area contributed by atoms with Crippen molar-refractivity contribution in [2.24, 2.45) is 5.73 Å². The van der Waals surface area contributed by atoms with Crippen LogP contribution in [-0.4, -0.2) is 53.7 Å². The van der Waals surface area contributed by atoms with Gasteiger partial charge in [0, 0.05) is 26.8 Å². The van der Waals surface area contributed by atoms with Gasteiger partial charge in [-0.3, -0.25) is 4.79 Å². The average Bonchev–Trinajstić information content (AvgIpc) is 2.86. The highest BCUT2D eigenvalue weighted by molar-refractivity contribution is 5.88. The van der Waals surface area contributed by atoms with Gasteiger partial charge < -0.3 is 20.5 Å². The minimum Gasteiger partial charge on any atom is -0.461 e. The Bertz CT molecular complexity index is 474. The second-order valence-corrected chi connectivity index (χ2v) is 4.16. The molecule has 0 aromatic carbocycles. The van der Waals surface area contributed by atoms with E-state index < -0.39 is 5.97 Å². The van der Waals surface area contributed by atoms with Gasteiger partial charge in [-0.15, -0.1) is 5.10 Å². The molecule has 1 heterocycles. The predicted octanol–water partition coefficient (Wildman–Crippen LogP) is -0.934. The molecule has 0 unspecified atom stereocenters. The topological polar surface area (TPSA) is 121 Å². The van der Waals surface area contributed by atoms with Crippen LogP contribution >= 0.6 is 0 Å². The molecule has 0 aliphatic heterocycles. The zero-order valence-corrected chi connectivity index (χ0v) is 12.3. The Hall–Kier alpha value is -2.00. The van der Waals surface area contributed by atoms with Crippen molar-refractivity contribution >= 4 is 11.9 Å². The van der Waals surface area contributed by atoms with E-state index in [1.807, 2.05) is 0 Å². The number of ether oxygens (including phenoxy) is 2. The Morgan fingerprint density at radius 1 is 1.43 bits per heavy atom. The van der Waals surface area contributed by atoms with E-state index in [0.29, 0.717) is 18.8 Å². The van der Waals surface area contributed by atoms with Crippen LogP contribution in [0.1, 0.15) is 29.5 Å². The number of carbonyl (C=O) groups is 2. The summed E-state index contributed by atoms with van der Waals surface area (Å²) in [6.45, 7) is 2.99. The molecule has 0 aliphatic rings. The van der Waals surface area contributed by atoms with Gasteiger partial charge in [-0.25, -0.2) is 9.48 Å². The van der Waals surface area contributed by atoms with Gasteiger partial charge in [0.15, 0.2) is 5.69 Å². The van der Waals surface area contributed by atoms with Crippen LogP contribution in [0.4, 0.5) is 0 Å². The van der Waals surface area contributed by atoms with E-state index in [4.69, 9.17) is 15.2 Å². The molecule has 0 fully saturated rings. The van der Waals surface area contributed by atoms with E-state index in [1.165, 1.54) is 4.68 Å². The Balaban J connectivity index is 2.62. The van der Waals surface area contributed by atoms with Crippen LogP contribution in [0.25, 0.3) is 0 Å². The number of hydrogen-bond donors (Lipinski definition) is 2. The first-order valence-electron chi connectivity index (χ1n) is 6.69. The van der Waals surface area contributed by atoms with E-state index in [-0.39, 0.29) is 31.3 Å². The molecule has 1 amide bonds. The summed E-state index contributed by atoms with van der Waals surface area (Å²) in [4.78, 5) is 23.4. The third-order valence-corrected chi connectivity index (χ3v) is 2.64. The summed E-state index contributed by atoms with van der Waals surface area (Å²) in [5.74, 6) is -0.828. The quantitative estimate of drug-likeness (QED) is 0.446. The van der Waals surface area contributed by atoms with Crippen molar-refractivity contribution in [3.8, 4) is 0 Å². The van der Waals surface area contributed by atoms with Crippen molar-refractivity contribution < 1.29 is 19.1 Å². The number of esters is 1. The number of amides is 1. The van der Waals surface area contributed by atoms with Crippen molar-refractivity contribution in [1.82, 2.24) is 20.3 Å². The van der Waals surface area contributed by atoms with Crippen LogP contribution in [0.15, 0.2) is 0 Å². The molecule has 3 N–H and O–H groups in total. The van der Waals surface area contributed by atoms with Crippen LogP contribution in [0, 0.1) is 0 Å². The van der Waals surface area contributed by atoms with Crippen molar-refractivity contribution in [3.63, 3.8) is 0 Å². The molecule has 9 nitrogen and oxygen atoms in total. The summed E-state index contributed by atoms with van der Waals surface area (Å²) in [7, 11) is 1.60. The first-order chi connectivity index (χ1) is 10.1. The van der Waals surface area contributed by atoms with Crippen LogP contribution in [-0.2, 0) is 27.4 Å². The third kappa shape index (κ3) is 5.12. The number of rotatable bonds is 9. The molecular weight excluding hydrogens is 278 g/mol. The fourth-order valence-electron chi connectivity index (χ4n) is 1.66. The maximum atomic E-state index is 11.8. The second kappa shape index (κ2) is 9.03. The molecule has 0 spiro atoms. The van der Waals surface area contributed by atoms with Crippen LogP contribution in [0.2, 0.25) is 0 Å². The molecule has 0 saturated heterocycles. The standard InChI is InChI=1S/C12H21N5O4/c1-3-21-12(19)11-9(7-13)17(16-15-11)8-10(18)14-5-4-6-20-2/h3-8,13H2,1-2H3,(H,14,18). The van der Waals surface area contributed by atoms with Crippen molar-refractivity contribution in [1.29, 1.82) is 0 Å². The summed E-state index contributed by atoms with van der Waals surface area (Å²) in [5.41, 5.74) is 6.01. The van der Waals surface area contributed by atoms with Gasteiger partial charge in [-0.05, 0) is 13.3 Å². The molecule has 1 rings (SSSR count). The van der Waals surface area contributed by atoms with Gasteiger partial charge in [0.25, 0.3) is 0 Å². The number of nitrogens with one attached hydrogen (secondary N) is 1. The van der Waals surface area contributed by atoms with E-state index in [0.717, 1.165) is 6.42 Å². The van der Waals surface area contributed by atoms with Crippen LogP contribution in [0.5, 0.6) is 0 Å². The monoisotopic (exact) mass is 299 g/mol. The lowest BCUT2D eigenvalue weighted by Crippen LogP contribution is -2.30. The average molecular weight is 299 g/mol. The first kappa shape index (κ1) is 17.1. The fraction of sp³-hybridized carbons (Fsp3) is 0.667. The summed E-state index contributed by atoms with van der Waals surface area (Å²) in [6.07, 6.45) is 0.720. The number of carbonyl (C=O) groups excluding carboxylic acids is 2. The highest BCUT2D eigenvalue weighted by Crippen LogP contribution is 2.06. The maximum Gasteiger partial charge on any atom is 0.360 e. The maximum absolute atomic E-state index is 11.8. The van der Waals surface area contributed by atoms with Gasteiger partial charge in [0.2, 0.25) is 5.91 Å². The molecule has 0 bridgehead atoms. The number of nitrogens with zero attached hydrogens (tertiary/aromatic N) is 3. The molecule has 9 heteroatoms. The van der Waals surface area contributed by atoms with Crippen molar-refractivity contribution in [3.05, 3.63) is 11.4 Å². The van der Waals surface area contributed by atoms with Crippen LogP contribution < -0.4 is 11.1 Å². The summed E-state index contributed by atoms with van der Waals surface area (Å²) in [6, 6.07) is 0. The molecule has 0 radical (unpaired) electrons. The number of nitrogens with two attached hydrogens (primary N) is 1. The zero-order valence-electron chi connectivity index (χ0n) is 12.3. The van der Waals surface area contributed by atoms with Gasteiger partial charge in [-0.2, -0.15) is 0 Å². The van der Waals surface area contributed by atoms with Gasteiger partial charge in [0.05, 0.1) is 12.3 Å². The molecule has 1 aromatic rings. The lowest BCUT2D eigenvalue weighted by Gasteiger charge is -2.07. The SMILES string of the molecule is CCOC(=O)c1nnn(CC(=O)NCCCOC)c1CN. The van der Waals surface area contributed by atoms with Gasteiger partial charge in [-0.1, -0.05) is 5.21 Å². The zero-order chi connectivity index (χ0) is 15.7. The third-order valence-electron chi connectivity index (χ3n) is 2.64. The number of aromatic nitrogens is 3. The lowest BCUT2D eigenvalue weighted by molar-refractivity contribution is -0.121. The smallest absolute Gasteiger partial charge is 0.360 e. The number of hydrogen-bond acceptors (Lipinski definition) is 7. The van der Waals surface area contributed by atoms with E-state index in [2.05, 4.69) is 15.6 Å². The summed E-state index contributed by atoms with van der Waals surface area (Å²) >= 11 is 0. The Morgan fingerprint density at radius 2 is 2.19 bits per heavy atom. The first-order valence-corrected chi connectivity index (χ1v) is 6.69. The van der Waals surface area contributed by atoms with Gasteiger partial charge >= 0.3 is 5.97 Å². The Labute approximate surface area is 122 Å². The molecule has 1 aromatic heterocycles. The second-order valence-electron chi connectivity index (χ2n) is 4.16. The molecule has 118 valence electrons. The lowest BCUT2D eigenvalue weighted by atomic mass is 10.3. The molecular formula is C12H21N5O4. The fourth-order valence-corrected chi connectivity index (χ4v) is 1.66.